The third kappa shape index (κ3) is 4.57. The lowest BCUT2D eigenvalue weighted by atomic mass is 9.98. The number of hydrogen-bond acceptors (Lipinski definition) is 4. The molecule has 2 aromatic carbocycles. The Morgan fingerprint density at radius 1 is 1.00 bits per heavy atom. The van der Waals surface area contributed by atoms with Crippen LogP contribution < -0.4 is 19.5 Å². The first-order chi connectivity index (χ1) is 11.7. The molecule has 0 bridgehead atoms. The van der Waals surface area contributed by atoms with Gasteiger partial charge in [-0.3, -0.25) is 0 Å². The van der Waals surface area contributed by atoms with E-state index in [0.29, 0.717) is 19.1 Å². The molecule has 0 aliphatic rings. The fraction of sp³-hybridized carbons (Fsp3) is 0.400. The van der Waals surface area contributed by atoms with Crippen LogP contribution in [0.5, 0.6) is 17.2 Å². The third-order valence-electron chi connectivity index (χ3n) is 4.14. The van der Waals surface area contributed by atoms with Crippen LogP contribution in [0.25, 0.3) is 0 Å². The first-order valence-corrected chi connectivity index (χ1v) is 8.37. The number of methoxy groups -OCH3 is 2. The molecule has 1 atom stereocenters. The summed E-state index contributed by atoms with van der Waals surface area (Å²) < 4.78 is 16.6. The molecule has 4 nitrogen and oxygen atoms in total. The van der Waals surface area contributed by atoms with E-state index in [1.54, 1.807) is 14.2 Å². The molecular formula is C20H27NO3. The zero-order valence-electron chi connectivity index (χ0n) is 15.0. The molecule has 0 amide bonds. The van der Waals surface area contributed by atoms with Crippen molar-refractivity contribution in [1.29, 1.82) is 0 Å². The zero-order valence-corrected chi connectivity index (χ0v) is 15.0. The Labute approximate surface area is 144 Å². The fourth-order valence-electron chi connectivity index (χ4n) is 2.54. The molecule has 0 heterocycles. The van der Waals surface area contributed by atoms with E-state index >= 15 is 0 Å². The van der Waals surface area contributed by atoms with Gasteiger partial charge in [0.2, 0.25) is 0 Å². The van der Waals surface area contributed by atoms with Gasteiger partial charge in [0.1, 0.15) is 23.9 Å². The Morgan fingerprint density at radius 2 is 1.79 bits per heavy atom. The molecule has 0 aliphatic heterocycles. The molecule has 4 heteroatoms. The summed E-state index contributed by atoms with van der Waals surface area (Å²) >= 11 is 0. The molecule has 130 valence electrons. The van der Waals surface area contributed by atoms with Crippen molar-refractivity contribution in [2.24, 2.45) is 0 Å². The minimum Gasteiger partial charge on any atom is -0.497 e. The van der Waals surface area contributed by atoms with Crippen LogP contribution in [0.2, 0.25) is 0 Å². The predicted octanol–water partition coefficient (Wildman–Crippen LogP) is 4.71. The molecule has 2 aromatic rings. The van der Waals surface area contributed by atoms with Crippen LogP contribution in [0.1, 0.15) is 31.7 Å². The predicted molar refractivity (Wildman–Crippen MR) is 98.7 cm³/mol. The summed E-state index contributed by atoms with van der Waals surface area (Å²) in [5.41, 5.74) is 2.16. The van der Waals surface area contributed by atoms with Crippen molar-refractivity contribution >= 4 is 5.69 Å². The molecule has 1 N–H and O–H groups in total. The van der Waals surface area contributed by atoms with Crippen molar-refractivity contribution in [2.75, 3.05) is 32.7 Å². The number of benzene rings is 2. The Morgan fingerprint density at radius 3 is 2.50 bits per heavy atom. The van der Waals surface area contributed by atoms with E-state index in [0.717, 1.165) is 29.4 Å². The first-order valence-electron chi connectivity index (χ1n) is 8.37. The van der Waals surface area contributed by atoms with E-state index in [2.05, 4.69) is 31.3 Å². The minimum absolute atomic E-state index is 0.493. The lowest BCUT2D eigenvalue weighted by Gasteiger charge is -2.17. The molecular weight excluding hydrogens is 302 g/mol. The van der Waals surface area contributed by atoms with Crippen LogP contribution in [-0.4, -0.2) is 27.4 Å². The van der Waals surface area contributed by atoms with E-state index in [1.807, 2.05) is 30.3 Å². The van der Waals surface area contributed by atoms with Crippen molar-refractivity contribution in [1.82, 2.24) is 0 Å². The number of hydrogen-bond donors (Lipinski definition) is 1. The normalized spacial score (nSPS) is 11.7. The van der Waals surface area contributed by atoms with Gasteiger partial charge in [0.05, 0.1) is 19.9 Å². The number of nitrogens with one attached hydrogen (secondary N) is 1. The number of anilines is 1. The van der Waals surface area contributed by atoms with Crippen LogP contribution in [0.15, 0.2) is 42.5 Å². The van der Waals surface area contributed by atoms with Gasteiger partial charge in [-0.15, -0.1) is 0 Å². The summed E-state index contributed by atoms with van der Waals surface area (Å²) in [6.07, 6.45) is 1.10. The van der Waals surface area contributed by atoms with Gasteiger partial charge in [-0.2, -0.15) is 0 Å². The maximum absolute atomic E-state index is 5.98. The topological polar surface area (TPSA) is 39.7 Å². The van der Waals surface area contributed by atoms with Gasteiger partial charge >= 0.3 is 0 Å². The Hall–Kier alpha value is -2.36. The van der Waals surface area contributed by atoms with Crippen molar-refractivity contribution in [2.45, 2.75) is 26.2 Å². The maximum atomic E-state index is 5.98. The van der Waals surface area contributed by atoms with Crippen LogP contribution in [-0.2, 0) is 0 Å². The highest BCUT2D eigenvalue weighted by Crippen LogP contribution is 2.30. The second-order valence-corrected chi connectivity index (χ2v) is 5.69. The highest BCUT2D eigenvalue weighted by atomic mass is 16.5. The van der Waals surface area contributed by atoms with Gasteiger partial charge in [-0.05, 0) is 36.1 Å². The van der Waals surface area contributed by atoms with Gasteiger partial charge in [0.15, 0.2) is 0 Å². The fourth-order valence-corrected chi connectivity index (χ4v) is 2.54. The van der Waals surface area contributed by atoms with Gasteiger partial charge in [-0.1, -0.05) is 32.0 Å². The molecule has 0 saturated heterocycles. The van der Waals surface area contributed by atoms with Gasteiger partial charge in [-0.25, -0.2) is 0 Å². The van der Waals surface area contributed by atoms with Gasteiger partial charge < -0.3 is 19.5 Å². The van der Waals surface area contributed by atoms with Crippen LogP contribution in [0.4, 0.5) is 5.69 Å². The largest absolute Gasteiger partial charge is 0.497 e. The third-order valence-corrected chi connectivity index (χ3v) is 4.14. The summed E-state index contributed by atoms with van der Waals surface area (Å²) in [5.74, 6) is 3.04. The Bertz CT molecular complexity index is 643. The lowest BCUT2D eigenvalue weighted by molar-refractivity contribution is 0.327. The minimum atomic E-state index is 0.493. The van der Waals surface area contributed by atoms with Crippen LogP contribution >= 0.6 is 0 Å². The van der Waals surface area contributed by atoms with Crippen LogP contribution in [0, 0.1) is 0 Å². The summed E-state index contributed by atoms with van der Waals surface area (Å²) in [5, 5.41) is 3.34. The SMILES string of the molecule is CCC(C)c1ccccc1OCCNc1cc(OC)ccc1OC. The quantitative estimate of drug-likeness (QED) is 0.676. The summed E-state index contributed by atoms with van der Waals surface area (Å²) in [6.45, 7) is 5.67. The van der Waals surface area contributed by atoms with E-state index < -0.39 is 0 Å². The van der Waals surface area contributed by atoms with Gasteiger partial charge in [0, 0.05) is 12.6 Å². The Balaban J connectivity index is 1.94. The smallest absolute Gasteiger partial charge is 0.142 e. The highest BCUT2D eigenvalue weighted by Gasteiger charge is 2.09. The molecule has 1 unspecified atom stereocenters. The summed E-state index contributed by atoms with van der Waals surface area (Å²) in [7, 11) is 3.31. The number of para-hydroxylation sites is 1. The molecule has 0 aromatic heterocycles. The summed E-state index contributed by atoms with van der Waals surface area (Å²) in [6, 6.07) is 13.9. The van der Waals surface area contributed by atoms with Crippen molar-refractivity contribution in [3.05, 3.63) is 48.0 Å². The molecule has 0 radical (unpaired) electrons. The molecule has 0 fully saturated rings. The molecule has 0 spiro atoms. The highest BCUT2D eigenvalue weighted by molar-refractivity contribution is 5.59. The maximum Gasteiger partial charge on any atom is 0.142 e. The average molecular weight is 329 g/mol. The Kier molecular flexibility index (Phi) is 6.79. The van der Waals surface area contributed by atoms with E-state index in [1.165, 1.54) is 5.56 Å². The van der Waals surface area contributed by atoms with E-state index in [-0.39, 0.29) is 0 Å². The molecule has 0 aliphatic carbocycles. The second-order valence-electron chi connectivity index (χ2n) is 5.69. The van der Waals surface area contributed by atoms with E-state index in [4.69, 9.17) is 14.2 Å². The molecule has 24 heavy (non-hydrogen) atoms. The first kappa shape index (κ1) is 18.0. The van der Waals surface area contributed by atoms with Crippen molar-refractivity contribution in [3.8, 4) is 17.2 Å². The average Bonchev–Trinajstić information content (AvgIpc) is 2.64. The molecule has 0 saturated carbocycles. The number of ether oxygens (including phenoxy) is 3. The van der Waals surface area contributed by atoms with Crippen molar-refractivity contribution in [3.63, 3.8) is 0 Å². The van der Waals surface area contributed by atoms with Crippen molar-refractivity contribution < 1.29 is 14.2 Å². The zero-order chi connectivity index (χ0) is 17.4. The monoisotopic (exact) mass is 329 g/mol. The van der Waals surface area contributed by atoms with E-state index in [9.17, 15) is 0 Å². The standard InChI is InChI=1S/C20H27NO3/c1-5-15(2)17-8-6-7-9-19(17)24-13-12-21-18-14-16(22-3)10-11-20(18)23-4/h6-11,14-15,21H,5,12-13H2,1-4H3. The number of rotatable bonds is 9. The van der Waals surface area contributed by atoms with Gasteiger partial charge in [0.25, 0.3) is 0 Å². The molecule has 2 rings (SSSR count). The lowest BCUT2D eigenvalue weighted by Crippen LogP contribution is -2.13. The van der Waals surface area contributed by atoms with Crippen LogP contribution in [0.3, 0.4) is 0 Å². The second kappa shape index (κ2) is 9.06. The summed E-state index contributed by atoms with van der Waals surface area (Å²) in [4.78, 5) is 0.